The van der Waals surface area contributed by atoms with E-state index < -0.39 is 0 Å². The number of hydrogen-bond acceptors (Lipinski definition) is 2. The third-order valence-electron chi connectivity index (χ3n) is 3.32. The molecule has 1 N–H and O–H groups in total. The molecule has 1 fully saturated rings. The first-order chi connectivity index (χ1) is 6.10. The molecule has 13 heavy (non-hydrogen) atoms. The maximum absolute atomic E-state index is 9.16. The van der Waals surface area contributed by atoms with Gasteiger partial charge >= 0.3 is 0 Å². The third kappa shape index (κ3) is 2.44. The van der Waals surface area contributed by atoms with Gasteiger partial charge in [0.1, 0.15) is 0 Å². The Morgan fingerprint density at radius 1 is 1.38 bits per heavy atom. The van der Waals surface area contributed by atoms with Crippen molar-refractivity contribution in [3.05, 3.63) is 0 Å². The van der Waals surface area contributed by atoms with Crippen molar-refractivity contribution >= 4 is 0 Å². The third-order valence-corrected chi connectivity index (χ3v) is 3.32. The number of rotatable bonds is 5. The second-order valence-electron chi connectivity index (χ2n) is 4.39. The summed E-state index contributed by atoms with van der Waals surface area (Å²) in [5, 5.41) is 9.16. The predicted octanol–water partition coefficient (Wildman–Crippen LogP) is 2.35. The summed E-state index contributed by atoms with van der Waals surface area (Å²) < 4.78 is 5.83. The summed E-state index contributed by atoms with van der Waals surface area (Å²) in [5.41, 5.74) is 0.103. The van der Waals surface area contributed by atoms with Crippen LogP contribution in [0.4, 0.5) is 0 Å². The van der Waals surface area contributed by atoms with Crippen molar-refractivity contribution in [2.24, 2.45) is 5.92 Å². The van der Waals surface area contributed by atoms with Gasteiger partial charge in [-0.3, -0.25) is 0 Å². The Kier molecular flexibility index (Phi) is 3.74. The molecule has 0 aromatic rings. The van der Waals surface area contributed by atoms with Crippen LogP contribution in [0.5, 0.6) is 0 Å². The Morgan fingerprint density at radius 3 is 2.31 bits per heavy atom. The molecule has 78 valence electrons. The lowest BCUT2D eigenvalue weighted by Gasteiger charge is -2.46. The van der Waals surface area contributed by atoms with Gasteiger partial charge in [0, 0.05) is 0 Å². The fourth-order valence-corrected chi connectivity index (χ4v) is 1.96. The average Bonchev–Trinajstić information content (AvgIpc) is 2.01. The van der Waals surface area contributed by atoms with Gasteiger partial charge < -0.3 is 9.84 Å². The second kappa shape index (κ2) is 4.43. The van der Waals surface area contributed by atoms with E-state index in [4.69, 9.17) is 9.84 Å². The van der Waals surface area contributed by atoms with Crippen molar-refractivity contribution in [3.63, 3.8) is 0 Å². The lowest BCUT2D eigenvalue weighted by Crippen LogP contribution is -2.47. The molecule has 0 heterocycles. The summed E-state index contributed by atoms with van der Waals surface area (Å²) in [6.07, 6.45) is 4.47. The van der Waals surface area contributed by atoms with Gasteiger partial charge in [-0.15, -0.1) is 0 Å². The zero-order valence-electron chi connectivity index (χ0n) is 9.05. The highest BCUT2D eigenvalue weighted by Gasteiger charge is 2.42. The van der Waals surface area contributed by atoms with Crippen LogP contribution in [0.1, 0.15) is 46.5 Å². The van der Waals surface area contributed by atoms with Crippen LogP contribution >= 0.6 is 0 Å². The van der Waals surface area contributed by atoms with Crippen LogP contribution in [-0.4, -0.2) is 23.4 Å². The first-order valence-corrected chi connectivity index (χ1v) is 5.43. The Morgan fingerprint density at radius 2 is 2.00 bits per heavy atom. The summed E-state index contributed by atoms with van der Waals surface area (Å²) in [6.45, 7) is 6.73. The van der Waals surface area contributed by atoms with Crippen LogP contribution in [0.25, 0.3) is 0 Å². The molecule has 0 aromatic heterocycles. The van der Waals surface area contributed by atoms with Gasteiger partial charge in [0.05, 0.1) is 18.3 Å². The van der Waals surface area contributed by atoms with Gasteiger partial charge in [0.15, 0.2) is 0 Å². The van der Waals surface area contributed by atoms with E-state index in [9.17, 15) is 0 Å². The minimum absolute atomic E-state index is 0.103. The Bertz CT molecular complexity index is 150. The van der Waals surface area contributed by atoms with Crippen molar-refractivity contribution in [2.75, 3.05) is 6.61 Å². The number of aliphatic hydroxyl groups excluding tert-OH is 1. The van der Waals surface area contributed by atoms with Crippen LogP contribution in [0, 0.1) is 5.92 Å². The molecule has 0 spiro atoms. The van der Waals surface area contributed by atoms with E-state index in [2.05, 4.69) is 13.8 Å². The lowest BCUT2D eigenvalue weighted by atomic mass is 9.70. The molecule has 2 heteroatoms. The van der Waals surface area contributed by atoms with Gasteiger partial charge in [-0.2, -0.15) is 0 Å². The summed E-state index contributed by atoms with van der Waals surface area (Å²) in [5.74, 6) is 0.625. The van der Waals surface area contributed by atoms with Gasteiger partial charge in [0.25, 0.3) is 0 Å². The fourth-order valence-electron chi connectivity index (χ4n) is 1.96. The smallest absolute Gasteiger partial charge is 0.0745 e. The molecule has 0 amide bonds. The van der Waals surface area contributed by atoms with Gasteiger partial charge in [-0.25, -0.2) is 0 Å². The molecule has 1 aliphatic rings. The van der Waals surface area contributed by atoms with Crippen molar-refractivity contribution in [3.8, 4) is 0 Å². The molecule has 0 bridgehead atoms. The highest BCUT2D eigenvalue weighted by molar-refractivity contribution is 4.93. The van der Waals surface area contributed by atoms with E-state index in [0.29, 0.717) is 12.5 Å². The van der Waals surface area contributed by atoms with Crippen LogP contribution in [-0.2, 0) is 4.74 Å². The normalized spacial score (nSPS) is 24.9. The van der Waals surface area contributed by atoms with Crippen molar-refractivity contribution in [2.45, 2.75) is 58.2 Å². The molecular weight excluding hydrogens is 164 g/mol. The van der Waals surface area contributed by atoms with E-state index in [0.717, 1.165) is 0 Å². The average molecular weight is 186 g/mol. The fraction of sp³-hybridized carbons (Fsp3) is 1.00. The summed E-state index contributed by atoms with van der Waals surface area (Å²) in [7, 11) is 0. The number of hydrogen-bond donors (Lipinski definition) is 1. The minimum atomic E-state index is -0.332. The summed E-state index contributed by atoms with van der Waals surface area (Å²) >= 11 is 0. The second-order valence-corrected chi connectivity index (χ2v) is 4.39. The summed E-state index contributed by atoms with van der Waals surface area (Å²) in [4.78, 5) is 0. The molecule has 2 unspecified atom stereocenters. The van der Waals surface area contributed by atoms with Crippen LogP contribution in [0.2, 0.25) is 0 Å². The zero-order valence-corrected chi connectivity index (χ0v) is 9.05. The maximum atomic E-state index is 9.16. The van der Waals surface area contributed by atoms with Crippen LogP contribution in [0.15, 0.2) is 0 Å². The van der Waals surface area contributed by atoms with Crippen molar-refractivity contribution in [1.82, 2.24) is 0 Å². The molecule has 0 saturated heterocycles. The largest absolute Gasteiger partial charge is 0.391 e. The quantitative estimate of drug-likeness (QED) is 0.714. The van der Waals surface area contributed by atoms with Crippen LogP contribution < -0.4 is 0 Å². The molecular formula is C11H22O2. The molecule has 0 aliphatic heterocycles. The zero-order chi connectivity index (χ0) is 9.90. The summed E-state index contributed by atoms with van der Waals surface area (Å²) in [6, 6.07) is 0. The monoisotopic (exact) mass is 186 g/mol. The Hall–Kier alpha value is -0.0800. The van der Waals surface area contributed by atoms with Gasteiger partial charge in [-0.1, -0.05) is 20.3 Å². The molecule has 0 aromatic carbocycles. The highest BCUT2D eigenvalue weighted by atomic mass is 16.5. The first kappa shape index (κ1) is 11.0. The van der Waals surface area contributed by atoms with Gasteiger partial charge in [-0.05, 0) is 32.1 Å². The SMILES string of the molecule is CCC(C)C1(OCC(C)O)CCC1. The standard InChI is InChI=1S/C11H22O2/c1-4-9(2)11(6-5-7-11)13-8-10(3)12/h9-10,12H,4-8H2,1-3H3. The molecule has 1 rings (SSSR count). The van der Waals surface area contributed by atoms with Crippen molar-refractivity contribution < 1.29 is 9.84 Å². The van der Waals surface area contributed by atoms with E-state index in [1.165, 1.54) is 25.7 Å². The van der Waals surface area contributed by atoms with E-state index in [-0.39, 0.29) is 11.7 Å². The van der Waals surface area contributed by atoms with Crippen molar-refractivity contribution in [1.29, 1.82) is 0 Å². The minimum Gasteiger partial charge on any atom is -0.391 e. The van der Waals surface area contributed by atoms with Crippen LogP contribution in [0.3, 0.4) is 0 Å². The molecule has 2 nitrogen and oxygen atoms in total. The first-order valence-electron chi connectivity index (χ1n) is 5.43. The molecule has 1 saturated carbocycles. The predicted molar refractivity (Wildman–Crippen MR) is 53.7 cm³/mol. The van der Waals surface area contributed by atoms with Gasteiger partial charge in [0.2, 0.25) is 0 Å². The Balaban J connectivity index is 2.40. The van der Waals surface area contributed by atoms with E-state index in [1.807, 2.05) is 0 Å². The molecule has 2 atom stereocenters. The van der Waals surface area contributed by atoms with E-state index in [1.54, 1.807) is 6.92 Å². The number of aliphatic hydroxyl groups is 1. The lowest BCUT2D eigenvalue weighted by molar-refractivity contribution is -0.151. The molecule has 0 radical (unpaired) electrons. The highest BCUT2D eigenvalue weighted by Crippen LogP contribution is 2.43. The maximum Gasteiger partial charge on any atom is 0.0745 e. The Labute approximate surface area is 81.3 Å². The number of ether oxygens (including phenoxy) is 1. The topological polar surface area (TPSA) is 29.5 Å². The molecule has 1 aliphatic carbocycles. The van der Waals surface area contributed by atoms with E-state index >= 15 is 0 Å².